The van der Waals surface area contributed by atoms with Gasteiger partial charge in [0.1, 0.15) is 12.4 Å². The molecule has 0 saturated heterocycles. The SMILES string of the molecule is Cn1ccnc1COc1cccnc1C(=O)O. The van der Waals surface area contributed by atoms with Gasteiger partial charge in [0.05, 0.1) is 0 Å². The largest absolute Gasteiger partial charge is 0.483 e. The number of imidazole rings is 1. The number of hydrogen-bond donors (Lipinski definition) is 1. The minimum Gasteiger partial charge on any atom is -0.483 e. The number of ether oxygens (including phenoxy) is 1. The lowest BCUT2D eigenvalue weighted by Crippen LogP contribution is -2.08. The van der Waals surface area contributed by atoms with E-state index >= 15 is 0 Å². The van der Waals surface area contributed by atoms with Crippen LogP contribution in [0.5, 0.6) is 5.75 Å². The van der Waals surface area contributed by atoms with Gasteiger partial charge in [-0.25, -0.2) is 14.8 Å². The fourth-order valence-electron chi connectivity index (χ4n) is 1.35. The van der Waals surface area contributed by atoms with Crippen LogP contribution in [0.1, 0.15) is 16.3 Å². The highest BCUT2D eigenvalue weighted by molar-refractivity contribution is 5.88. The molecule has 6 heteroatoms. The summed E-state index contributed by atoms with van der Waals surface area (Å²) in [6.45, 7) is 0.204. The van der Waals surface area contributed by atoms with Crippen LogP contribution in [-0.4, -0.2) is 25.6 Å². The molecule has 17 heavy (non-hydrogen) atoms. The van der Waals surface area contributed by atoms with Gasteiger partial charge < -0.3 is 14.4 Å². The highest BCUT2D eigenvalue weighted by atomic mass is 16.5. The monoisotopic (exact) mass is 233 g/mol. The Labute approximate surface area is 97.5 Å². The molecule has 1 N–H and O–H groups in total. The maximum Gasteiger partial charge on any atom is 0.358 e. The number of nitrogens with zero attached hydrogens (tertiary/aromatic N) is 3. The Kier molecular flexibility index (Phi) is 3.04. The second-order valence-electron chi connectivity index (χ2n) is 3.40. The lowest BCUT2D eigenvalue weighted by Gasteiger charge is -2.07. The summed E-state index contributed by atoms with van der Waals surface area (Å²) in [6, 6.07) is 3.19. The number of aromatic nitrogens is 3. The molecule has 2 aromatic heterocycles. The zero-order valence-electron chi connectivity index (χ0n) is 9.20. The third-order valence-electron chi connectivity index (χ3n) is 2.25. The van der Waals surface area contributed by atoms with E-state index in [9.17, 15) is 4.79 Å². The Morgan fingerprint density at radius 2 is 2.29 bits per heavy atom. The maximum absolute atomic E-state index is 10.9. The van der Waals surface area contributed by atoms with Crippen molar-refractivity contribution in [2.75, 3.05) is 0 Å². The Hall–Kier alpha value is -2.37. The van der Waals surface area contributed by atoms with Crippen molar-refractivity contribution in [3.05, 3.63) is 42.2 Å². The van der Waals surface area contributed by atoms with Gasteiger partial charge in [0.15, 0.2) is 11.4 Å². The average Bonchev–Trinajstić information content (AvgIpc) is 2.72. The molecule has 0 radical (unpaired) electrons. The van der Waals surface area contributed by atoms with Gasteiger partial charge in [-0.2, -0.15) is 0 Å². The van der Waals surface area contributed by atoms with Crippen molar-refractivity contribution in [1.29, 1.82) is 0 Å². The molecule has 2 rings (SSSR count). The molecule has 0 fully saturated rings. The lowest BCUT2D eigenvalue weighted by atomic mass is 10.3. The Morgan fingerprint density at radius 3 is 2.94 bits per heavy atom. The van der Waals surface area contributed by atoms with Gasteiger partial charge >= 0.3 is 5.97 Å². The van der Waals surface area contributed by atoms with Crippen molar-refractivity contribution in [3.8, 4) is 5.75 Å². The van der Waals surface area contributed by atoms with Crippen molar-refractivity contribution in [3.63, 3.8) is 0 Å². The number of rotatable bonds is 4. The topological polar surface area (TPSA) is 77.2 Å². The van der Waals surface area contributed by atoms with Crippen LogP contribution in [0.25, 0.3) is 0 Å². The predicted molar refractivity (Wildman–Crippen MR) is 58.7 cm³/mol. The van der Waals surface area contributed by atoms with Crippen LogP contribution >= 0.6 is 0 Å². The Balaban J connectivity index is 2.14. The normalized spacial score (nSPS) is 10.2. The maximum atomic E-state index is 10.9. The van der Waals surface area contributed by atoms with Crippen molar-refractivity contribution in [2.24, 2.45) is 7.05 Å². The van der Waals surface area contributed by atoms with Gasteiger partial charge in [0.2, 0.25) is 0 Å². The standard InChI is InChI=1S/C11H11N3O3/c1-14-6-5-12-9(14)7-17-8-3-2-4-13-10(8)11(15)16/h2-6H,7H2,1H3,(H,15,16). The molecule has 0 bridgehead atoms. The summed E-state index contributed by atoms with van der Waals surface area (Å²) in [5, 5.41) is 8.91. The Bertz CT molecular complexity index is 536. The molecular formula is C11H11N3O3. The summed E-state index contributed by atoms with van der Waals surface area (Å²) in [5.74, 6) is -0.159. The van der Waals surface area contributed by atoms with Crippen LogP contribution < -0.4 is 4.74 Å². The minimum atomic E-state index is -1.11. The van der Waals surface area contributed by atoms with Crippen LogP contribution in [0, 0.1) is 0 Å². The van der Waals surface area contributed by atoms with Gasteiger partial charge in [-0.05, 0) is 12.1 Å². The average molecular weight is 233 g/mol. The summed E-state index contributed by atoms with van der Waals surface area (Å²) in [7, 11) is 1.84. The molecule has 0 aliphatic carbocycles. The van der Waals surface area contributed by atoms with Gasteiger partial charge in [-0.1, -0.05) is 0 Å². The summed E-state index contributed by atoms with van der Waals surface area (Å²) >= 11 is 0. The molecule has 0 unspecified atom stereocenters. The fraction of sp³-hybridized carbons (Fsp3) is 0.182. The summed E-state index contributed by atoms with van der Waals surface area (Å²) < 4.78 is 7.20. The van der Waals surface area contributed by atoms with Crippen LogP contribution in [-0.2, 0) is 13.7 Å². The van der Waals surface area contributed by atoms with Crippen molar-refractivity contribution < 1.29 is 14.6 Å². The molecule has 6 nitrogen and oxygen atoms in total. The number of aromatic carboxylic acids is 1. The second kappa shape index (κ2) is 4.65. The van der Waals surface area contributed by atoms with Crippen LogP contribution in [0.15, 0.2) is 30.7 Å². The van der Waals surface area contributed by atoms with E-state index in [0.29, 0.717) is 5.82 Å². The predicted octanol–water partition coefficient (Wildman–Crippen LogP) is 1.09. The van der Waals surface area contributed by atoms with E-state index < -0.39 is 5.97 Å². The molecule has 2 aromatic rings. The van der Waals surface area contributed by atoms with Gasteiger partial charge in [0.25, 0.3) is 0 Å². The third kappa shape index (κ3) is 2.41. The molecular weight excluding hydrogens is 222 g/mol. The molecule has 0 aromatic carbocycles. The number of carboxylic acids is 1. The minimum absolute atomic E-state index is 0.0956. The van der Waals surface area contributed by atoms with E-state index in [-0.39, 0.29) is 18.1 Å². The molecule has 0 atom stereocenters. The highest BCUT2D eigenvalue weighted by Crippen LogP contribution is 2.16. The first-order valence-electron chi connectivity index (χ1n) is 4.96. The van der Waals surface area contributed by atoms with E-state index in [1.807, 2.05) is 7.05 Å². The third-order valence-corrected chi connectivity index (χ3v) is 2.25. The van der Waals surface area contributed by atoms with E-state index in [2.05, 4.69) is 9.97 Å². The van der Waals surface area contributed by atoms with Crippen molar-refractivity contribution >= 4 is 5.97 Å². The van der Waals surface area contributed by atoms with Crippen molar-refractivity contribution in [2.45, 2.75) is 6.61 Å². The zero-order valence-corrected chi connectivity index (χ0v) is 9.20. The van der Waals surface area contributed by atoms with E-state index in [1.165, 1.54) is 6.20 Å². The number of carbonyl (C=O) groups is 1. The number of hydrogen-bond acceptors (Lipinski definition) is 4. The van der Waals surface area contributed by atoms with E-state index in [4.69, 9.17) is 9.84 Å². The van der Waals surface area contributed by atoms with E-state index in [0.717, 1.165) is 0 Å². The zero-order chi connectivity index (χ0) is 12.3. The first-order valence-corrected chi connectivity index (χ1v) is 4.96. The summed E-state index contributed by atoms with van der Waals surface area (Å²) in [4.78, 5) is 18.7. The second-order valence-corrected chi connectivity index (χ2v) is 3.40. The van der Waals surface area contributed by atoms with Crippen LogP contribution in [0.3, 0.4) is 0 Å². The molecule has 0 saturated carbocycles. The Morgan fingerprint density at radius 1 is 1.47 bits per heavy atom. The van der Waals surface area contributed by atoms with Crippen molar-refractivity contribution in [1.82, 2.24) is 14.5 Å². The first-order chi connectivity index (χ1) is 8.18. The van der Waals surface area contributed by atoms with Gasteiger partial charge in [-0.15, -0.1) is 0 Å². The van der Waals surface area contributed by atoms with Gasteiger partial charge in [-0.3, -0.25) is 0 Å². The lowest BCUT2D eigenvalue weighted by molar-refractivity contribution is 0.0684. The fourth-order valence-corrected chi connectivity index (χ4v) is 1.35. The smallest absolute Gasteiger partial charge is 0.358 e. The van der Waals surface area contributed by atoms with E-state index in [1.54, 1.807) is 29.1 Å². The molecule has 0 aliphatic rings. The van der Waals surface area contributed by atoms with Crippen LogP contribution in [0.2, 0.25) is 0 Å². The summed E-state index contributed by atoms with van der Waals surface area (Å²) in [6.07, 6.45) is 4.86. The summed E-state index contributed by atoms with van der Waals surface area (Å²) in [5.41, 5.74) is -0.0956. The molecule has 88 valence electrons. The molecule has 0 amide bonds. The van der Waals surface area contributed by atoms with Crippen LogP contribution in [0.4, 0.5) is 0 Å². The first kappa shape index (κ1) is 11.1. The van der Waals surface area contributed by atoms with Gasteiger partial charge in [0, 0.05) is 25.6 Å². The number of pyridine rings is 1. The molecule has 0 spiro atoms. The molecule has 2 heterocycles. The number of carboxylic acid groups (broad SMARTS) is 1. The quantitative estimate of drug-likeness (QED) is 0.855. The number of aryl methyl sites for hydroxylation is 1. The molecule has 0 aliphatic heterocycles. The highest BCUT2D eigenvalue weighted by Gasteiger charge is 2.12.